The van der Waals surface area contributed by atoms with Gasteiger partial charge in [0.05, 0.1) is 18.2 Å². The third-order valence-electron chi connectivity index (χ3n) is 7.88. The first kappa shape index (κ1) is 23.8. The standard InChI is InChI=1S/C28H33N7O2/c1-19-10-11-21-17-24(28(36)29-25(21)20(19)2)26(27-30-31-32-35(27)18-23-9-6-16-37-23)34-14-12-33(13-15-34)22-7-4-3-5-8-22/h3-5,7-8,10-11,17,23,26H,6,9,12-16,18H2,1-2H3,(H,29,36)/t23-,26-/m0/s1. The normalized spacial score (nSPS) is 19.5. The predicted octanol–water partition coefficient (Wildman–Crippen LogP) is 3.22. The van der Waals surface area contributed by atoms with Crippen LogP contribution in [0.15, 0.2) is 53.3 Å². The molecule has 2 aliphatic rings. The monoisotopic (exact) mass is 499 g/mol. The Morgan fingerprint density at radius 1 is 1.08 bits per heavy atom. The highest BCUT2D eigenvalue weighted by Crippen LogP contribution is 2.30. The lowest BCUT2D eigenvalue weighted by Crippen LogP contribution is -2.49. The Hall–Kier alpha value is -3.56. The summed E-state index contributed by atoms with van der Waals surface area (Å²) in [6.45, 7) is 8.77. The van der Waals surface area contributed by atoms with Crippen LogP contribution < -0.4 is 10.5 Å². The minimum atomic E-state index is -0.357. The highest BCUT2D eigenvalue weighted by molar-refractivity contribution is 5.83. The number of aryl methyl sites for hydroxylation is 2. The summed E-state index contributed by atoms with van der Waals surface area (Å²) >= 11 is 0. The molecule has 0 spiro atoms. The maximum Gasteiger partial charge on any atom is 0.253 e. The second-order valence-electron chi connectivity index (χ2n) is 10.1. The van der Waals surface area contributed by atoms with Crippen molar-refractivity contribution in [3.05, 3.63) is 81.4 Å². The highest BCUT2D eigenvalue weighted by atomic mass is 16.5. The lowest BCUT2D eigenvalue weighted by atomic mass is 9.99. The zero-order valence-corrected chi connectivity index (χ0v) is 21.4. The second kappa shape index (κ2) is 10.1. The molecule has 4 heterocycles. The molecule has 1 N–H and O–H groups in total. The lowest BCUT2D eigenvalue weighted by molar-refractivity contribution is 0.0906. The Bertz CT molecular complexity index is 1430. The van der Waals surface area contributed by atoms with Crippen LogP contribution in [0.4, 0.5) is 5.69 Å². The van der Waals surface area contributed by atoms with Crippen molar-refractivity contribution < 1.29 is 4.74 Å². The Kier molecular flexibility index (Phi) is 6.48. The number of benzene rings is 2. The summed E-state index contributed by atoms with van der Waals surface area (Å²) in [5.74, 6) is 0.692. The van der Waals surface area contributed by atoms with Crippen LogP contribution in [0, 0.1) is 13.8 Å². The van der Waals surface area contributed by atoms with Crippen LogP contribution in [0.1, 0.15) is 41.4 Å². The Morgan fingerprint density at radius 2 is 1.89 bits per heavy atom. The van der Waals surface area contributed by atoms with Crippen LogP contribution in [0.25, 0.3) is 10.9 Å². The summed E-state index contributed by atoms with van der Waals surface area (Å²) in [6, 6.07) is 16.3. The number of rotatable bonds is 6. The average molecular weight is 500 g/mol. The third-order valence-corrected chi connectivity index (χ3v) is 7.88. The predicted molar refractivity (Wildman–Crippen MR) is 143 cm³/mol. The molecule has 0 saturated carbocycles. The maximum atomic E-state index is 13.6. The van der Waals surface area contributed by atoms with Crippen molar-refractivity contribution in [2.45, 2.75) is 45.4 Å². The number of tetrazole rings is 1. The third kappa shape index (κ3) is 4.65. The fraction of sp³-hybridized carbons (Fsp3) is 0.429. The number of ether oxygens (including phenoxy) is 1. The molecule has 2 atom stereocenters. The first-order chi connectivity index (χ1) is 18.1. The Morgan fingerprint density at radius 3 is 2.65 bits per heavy atom. The van der Waals surface area contributed by atoms with Crippen molar-refractivity contribution in [1.29, 1.82) is 0 Å². The zero-order chi connectivity index (χ0) is 25.4. The quantitative estimate of drug-likeness (QED) is 0.435. The fourth-order valence-electron chi connectivity index (χ4n) is 5.64. The molecule has 9 nitrogen and oxygen atoms in total. The molecule has 4 aromatic rings. The zero-order valence-electron chi connectivity index (χ0n) is 21.4. The lowest BCUT2D eigenvalue weighted by Gasteiger charge is -2.39. The Balaban J connectivity index is 1.38. The average Bonchev–Trinajstić information content (AvgIpc) is 3.61. The SMILES string of the molecule is Cc1ccc2cc([C@@H](c3nnnn3C[C@@H]3CCCO3)N3CCN(c4ccccc4)CC3)c(=O)[nH]c2c1C. The topological polar surface area (TPSA) is 92.2 Å². The number of aromatic amines is 1. The number of aromatic nitrogens is 5. The molecule has 192 valence electrons. The summed E-state index contributed by atoms with van der Waals surface area (Å²) in [5.41, 5.74) is 4.94. The number of nitrogens with zero attached hydrogens (tertiary/aromatic N) is 6. The molecule has 2 saturated heterocycles. The molecule has 9 heteroatoms. The number of piperazine rings is 1. The molecule has 0 amide bonds. The number of pyridine rings is 1. The van der Waals surface area contributed by atoms with Crippen LogP contribution in [-0.2, 0) is 11.3 Å². The molecule has 0 aliphatic carbocycles. The van der Waals surface area contributed by atoms with Gasteiger partial charge in [-0.25, -0.2) is 4.68 Å². The van der Waals surface area contributed by atoms with E-state index in [1.807, 2.05) is 16.8 Å². The van der Waals surface area contributed by atoms with Crippen molar-refractivity contribution in [2.75, 3.05) is 37.7 Å². The van der Waals surface area contributed by atoms with E-state index in [0.29, 0.717) is 17.9 Å². The van der Waals surface area contributed by atoms with Crippen molar-refractivity contribution in [1.82, 2.24) is 30.1 Å². The van der Waals surface area contributed by atoms with Crippen LogP contribution in [0.5, 0.6) is 0 Å². The maximum absolute atomic E-state index is 13.6. The summed E-state index contributed by atoms with van der Waals surface area (Å²) in [7, 11) is 0. The molecule has 37 heavy (non-hydrogen) atoms. The van der Waals surface area contributed by atoms with Crippen molar-refractivity contribution in [2.24, 2.45) is 0 Å². The van der Waals surface area contributed by atoms with Gasteiger partial charge in [-0.15, -0.1) is 5.10 Å². The minimum absolute atomic E-state index is 0.0941. The van der Waals surface area contributed by atoms with Crippen LogP contribution in [0.3, 0.4) is 0 Å². The van der Waals surface area contributed by atoms with Crippen LogP contribution in [0.2, 0.25) is 0 Å². The molecule has 2 aromatic heterocycles. The van der Waals surface area contributed by atoms with Crippen molar-refractivity contribution in [3.63, 3.8) is 0 Å². The number of H-pyrrole nitrogens is 1. The van der Waals surface area contributed by atoms with E-state index < -0.39 is 0 Å². The molecule has 0 bridgehead atoms. The van der Waals surface area contributed by atoms with E-state index in [0.717, 1.165) is 67.7 Å². The van der Waals surface area contributed by atoms with Crippen molar-refractivity contribution >= 4 is 16.6 Å². The van der Waals surface area contributed by atoms with Gasteiger partial charge in [0.2, 0.25) is 0 Å². The number of nitrogens with one attached hydrogen (secondary N) is 1. The number of fused-ring (bicyclic) bond motifs is 1. The summed E-state index contributed by atoms with van der Waals surface area (Å²) in [5, 5.41) is 13.9. The Labute approximate surface area is 216 Å². The van der Waals surface area contributed by atoms with E-state index in [1.54, 1.807) is 0 Å². The fourth-order valence-corrected chi connectivity index (χ4v) is 5.64. The van der Waals surface area contributed by atoms with E-state index in [9.17, 15) is 4.79 Å². The summed E-state index contributed by atoms with van der Waals surface area (Å²) < 4.78 is 7.72. The number of anilines is 1. The number of para-hydroxylation sites is 1. The number of hydrogen-bond acceptors (Lipinski definition) is 7. The van der Waals surface area contributed by atoms with Crippen LogP contribution >= 0.6 is 0 Å². The highest BCUT2D eigenvalue weighted by Gasteiger charge is 2.33. The van der Waals surface area contributed by atoms with E-state index in [1.165, 1.54) is 5.69 Å². The molecule has 0 radical (unpaired) electrons. The molecule has 0 unspecified atom stereocenters. The molecular formula is C28H33N7O2. The first-order valence-corrected chi connectivity index (χ1v) is 13.1. The first-order valence-electron chi connectivity index (χ1n) is 13.1. The largest absolute Gasteiger partial charge is 0.376 e. The van der Waals surface area contributed by atoms with Gasteiger partial charge in [-0.05, 0) is 71.8 Å². The van der Waals surface area contributed by atoms with E-state index >= 15 is 0 Å². The van der Waals surface area contributed by atoms with Gasteiger partial charge < -0.3 is 14.6 Å². The number of hydrogen-bond donors (Lipinski definition) is 1. The van der Waals surface area contributed by atoms with Crippen LogP contribution in [-0.4, -0.2) is 69.0 Å². The van der Waals surface area contributed by atoms with E-state index in [-0.39, 0.29) is 17.7 Å². The van der Waals surface area contributed by atoms with E-state index in [4.69, 9.17) is 4.74 Å². The smallest absolute Gasteiger partial charge is 0.253 e. The van der Waals surface area contributed by atoms with Gasteiger partial charge in [0.25, 0.3) is 5.56 Å². The molecule has 2 aliphatic heterocycles. The van der Waals surface area contributed by atoms with Gasteiger partial charge in [0, 0.05) is 44.0 Å². The van der Waals surface area contributed by atoms with Gasteiger partial charge in [-0.1, -0.05) is 30.3 Å². The minimum Gasteiger partial charge on any atom is -0.376 e. The molecule has 6 rings (SSSR count). The molecule has 2 fully saturated rings. The molecule has 2 aromatic carbocycles. The van der Waals surface area contributed by atoms with Gasteiger partial charge >= 0.3 is 0 Å². The van der Waals surface area contributed by atoms with E-state index in [2.05, 4.69) is 80.6 Å². The summed E-state index contributed by atoms with van der Waals surface area (Å²) in [6.07, 6.45) is 2.14. The van der Waals surface area contributed by atoms with Crippen molar-refractivity contribution in [3.8, 4) is 0 Å². The van der Waals surface area contributed by atoms with Gasteiger partial charge in [0.1, 0.15) is 6.04 Å². The van der Waals surface area contributed by atoms with Gasteiger partial charge in [-0.2, -0.15) is 0 Å². The van der Waals surface area contributed by atoms with Gasteiger partial charge in [0.15, 0.2) is 5.82 Å². The summed E-state index contributed by atoms with van der Waals surface area (Å²) in [4.78, 5) is 21.5. The second-order valence-corrected chi connectivity index (χ2v) is 10.1. The molecular weight excluding hydrogens is 466 g/mol. The van der Waals surface area contributed by atoms with Gasteiger partial charge in [-0.3, -0.25) is 9.69 Å².